The predicted molar refractivity (Wildman–Crippen MR) is 89.3 cm³/mol. The van der Waals surface area contributed by atoms with Crippen LogP contribution in [-0.2, 0) is 26.7 Å². The molecule has 0 radical (unpaired) electrons. The minimum Gasteiger partial charge on any atom is -0.299 e. The van der Waals surface area contributed by atoms with Crippen LogP contribution in [0.2, 0.25) is 0 Å². The lowest BCUT2D eigenvalue weighted by Gasteiger charge is -2.21. The van der Waals surface area contributed by atoms with Crippen LogP contribution in [0.4, 0.5) is 0 Å². The summed E-state index contributed by atoms with van der Waals surface area (Å²) in [6, 6.07) is 11.0. The summed E-state index contributed by atoms with van der Waals surface area (Å²) in [6.07, 6.45) is 4.57. The van der Waals surface area contributed by atoms with E-state index in [-0.39, 0.29) is 0 Å². The fourth-order valence-electron chi connectivity index (χ4n) is 3.23. The van der Waals surface area contributed by atoms with E-state index in [1.165, 1.54) is 42.8 Å². The molecule has 0 atom stereocenters. The van der Waals surface area contributed by atoms with Gasteiger partial charge in [0.15, 0.2) is 0 Å². The van der Waals surface area contributed by atoms with Crippen molar-refractivity contribution in [2.24, 2.45) is 7.05 Å². The minimum absolute atomic E-state index is 0.925. The van der Waals surface area contributed by atoms with Gasteiger partial charge in [0.25, 0.3) is 0 Å². The highest BCUT2D eigenvalue weighted by molar-refractivity contribution is 5.27. The number of nitrogens with zero attached hydrogens (tertiary/aromatic N) is 4. The van der Waals surface area contributed by atoms with Gasteiger partial charge >= 0.3 is 0 Å². The number of rotatable bonds is 6. The number of hydrogen-bond donors (Lipinski definition) is 0. The van der Waals surface area contributed by atoms with Gasteiger partial charge < -0.3 is 0 Å². The van der Waals surface area contributed by atoms with Gasteiger partial charge in [-0.15, -0.1) is 0 Å². The molecular formula is C18H26N4. The monoisotopic (exact) mass is 298 g/mol. The molecule has 0 unspecified atom stereocenters. The Morgan fingerprint density at radius 2 is 1.77 bits per heavy atom. The maximum absolute atomic E-state index is 4.25. The number of hydrogen-bond acceptors (Lipinski definition) is 3. The summed E-state index contributed by atoms with van der Waals surface area (Å²) >= 11 is 0. The molecule has 2 aromatic rings. The van der Waals surface area contributed by atoms with E-state index in [2.05, 4.69) is 52.3 Å². The van der Waals surface area contributed by atoms with Gasteiger partial charge in [-0.05, 0) is 50.2 Å². The van der Waals surface area contributed by atoms with Crippen molar-refractivity contribution in [3.63, 3.8) is 0 Å². The zero-order chi connectivity index (χ0) is 15.4. The number of aromatic nitrogens is 2. The Morgan fingerprint density at radius 3 is 2.45 bits per heavy atom. The first-order chi connectivity index (χ1) is 10.7. The van der Waals surface area contributed by atoms with E-state index in [1.54, 1.807) is 0 Å². The van der Waals surface area contributed by atoms with Crippen molar-refractivity contribution in [2.75, 3.05) is 20.1 Å². The lowest BCUT2D eigenvalue weighted by molar-refractivity contribution is 0.300. The first kappa shape index (κ1) is 15.3. The fraction of sp³-hybridized carbons (Fsp3) is 0.500. The summed E-state index contributed by atoms with van der Waals surface area (Å²) in [7, 11) is 4.18. The molecule has 4 heteroatoms. The molecule has 1 fully saturated rings. The second-order valence-electron chi connectivity index (χ2n) is 6.37. The predicted octanol–water partition coefficient (Wildman–Crippen LogP) is 2.65. The molecule has 3 rings (SSSR count). The van der Waals surface area contributed by atoms with Crippen LogP contribution < -0.4 is 0 Å². The lowest BCUT2D eigenvalue weighted by Crippen LogP contribution is -2.22. The van der Waals surface area contributed by atoms with Gasteiger partial charge in [0.1, 0.15) is 0 Å². The quantitative estimate of drug-likeness (QED) is 0.819. The van der Waals surface area contributed by atoms with Crippen LogP contribution in [0.25, 0.3) is 0 Å². The Bertz CT molecular complexity index is 599. The van der Waals surface area contributed by atoms with Crippen molar-refractivity contribution >= 4 is 0 Å². The van der Waals surface area contributed by atoms with Gasteiger partial charge in [-0.3, -0.25) is 14.5 Å². The number of likely N-dealkylation sites (tertiary alicyclic amines) is 1. The molecule has 0 N–H and O–H groups in total. The third kappa shape index (κ3) is 3.76. The molecule has 1 saturated heterocycles. The van der Waals surface area contributed by atoms with E-state index in [0.29, 0.717) is 0 Å². The number of benzene rings is 1. The summed E-state index contributed by atoms with van der Waals surface area (Å²) in [5.41, 5.74) is 4.17. The molecule has 0 aliphatic carbocycles. The molecule has 1 aliphatic rings. The normalized spacial score (nSPS) is 15.8. The maximum Gasteiger partial charge on any atom is 0.0521 e. The van der Waals surface area contributed by atoms with Gasteiger partial charge in [0.2, 0.25) is 0 Å². The molecular weight excluding hydrogens is 272 g/mol. The fourth-order valence-corrected chi connectivity index (χ4v) is 3.23. The summed E-state index contributed by atoms with van der Waals surface area (Å²) in [4.78, 5) is 4.93. The van der Waals surface area contributed by atoms with Crippen LogP contribution in [0.15, 0.2) is 36.5 Å². The van der Waals surface area contributed by atoms with Gasteiger partial charge in [0.05, 0.1) is 5.69 Å². The smallest absolute Gasteiger partial charge is 0.0521 e. The maximum atomic E-state index is 4.25. The van der Waals surface area contributed by atoms with Crippen LogP contribution in [0, 0.1) is 0 Å². The highest BCUT2D eigenvalue weighted by atomic mass is 15.3. The Morgan fingerprint density at radius 1 is 1.05 bits per heavy atom. The summed E-state index contributed by atoms with van der Waals surface area (Å²) < 4.78 is 1.95. The van der Waals surface area contributed by atoms with Crippen LogP contribution >= 0.6 is 0 Å². The molecule has 0 bridgehead atoms. The Balaban J connectivity index is 1.65. The Kier molecular flexibility index (Phi) is 4.90. The van der Waals surface area contributed by atoms with Gasteiger partial charge in [-0.25, -0.2) is 0 Å². The first-order valence-electron chi connectivity index (χ1n) is 8.17. The SMILES string of the molecule is CN(Cc1ccccc1CN1CCCC1)Cc1ccnn1C. The molecule has 0 saturated carbocycles. The standard InChI is InChI=1S/C18H26N4/c1-20(15-18-9-10-19-21(18)2)13-16-7-3-4-8-17(16)14-22-11-5-6-12-22/h3-4,7-10H,5-6,11-15H2,1-2H3. The third-order valence-corrected chi connectivity index (χ3v) is 4.51. The highest BCUT2D eigenvalue weighted by Crippen LogP contribution is 2.18. The van der Waals surface area contributed by atoms with Crippen LogP contribution in [0.5, 0.6) is 0 Å². The zero-order valence-corrected chi connectivity index (χ0v) is 13.7. The van der Waals surface area contributed by atoms with Crippen LogP contribution in [0.3, 0.4) is 0 Å². The average Bonchev–Trinajstić information content (AvgIpc) is 3.14. The van der Waals surface area contributed by atoms with E-state index in [0.717, 1.165) is 19.6 Å². The second-order valence-corrected chi connectivity index (χ2v) is 6.37. The van der Waals surface area contributed by atoms with Crippen molar-refractivity contribution in [2.45, 2.75) is 32.5 Å². The van der Waals surface area contributed by atoms with Gasteiger partial charge in [-0.2, -0.15) is 5.10 Å². The van der Waals surface area contributed by atoms with Gasteiger partial charge in [0, 0.05) is 32.9 Å². The largest absolute Gasteiger partial charge is 0.299 e. The summed E-state index contributed by atoms with van der Waals surface area (Å²) in [5.74, 6) is 0. The molecule has 4 nitrogen and oxygen atoms in total. The lowest BCUT2D eigenvalue weighted by atomic mass is 10.1. The topological polar surface area (TPSA) is 24.3 Å². The molecule has 0 amide bonds. The highest BCUT2D eigenvalue weighted by Gasteiger charge is 2.14. The number of aryl methyl sites for hydroxylation is 1. The van der Waals surface area contributed by atoms with E-state index >= 15 is 0 Å². The van der Waals surface area contributed by atoms with E-state index in [9.17, 15) is 0 Å². The van der Waals surface area contributed by atoms with Crippen molar-refractivity contribution in [3.05, 3.63) is 53.3 Å². The molecule has 22 heavy (non-hydrogen) atoms. The van der Waals surface area contributed by atoms with Crippen LogP contribution in [0.1, 0.15) is 29.7 Å². The Hall–Kier alpha value is -1.65. The molecule has 1 aliphatic heterocycles. The Labute approximate surface area is 133 Å². The first-order valence-corrected chi connectivity index (χ1v) is 8.17. The molecule has 118 valence electrons. The minimum atomic E-state index is 0.925. The third-order valence-electron chi connectivity index (χ3n) is 4.51. The van der Waals surface area contributed by atoms with Crippen molar-refractivity contribution in [3.8, 4) is 0 Å². The van der Waals surface area contributed by atoms with Crippen molar-refractivity contribution in [1.82, 2.24) is 19.6 Å². The second kappa shape index (κ2) is 7.07. The van der Waals surface area contributed by atoms with E-state index in [1.807, 2.05) is 17.9 Å². The van der Waals surface area contributed by atoms with Crippen molar-refractivity contribution in [1.29, 1.82) is 0 Å². The summed E-state index contributed by atoms with van der Waals surface area (Å²) in [6.45, 7) is 5.50. The molecule has 2 heterocycles. The van der Waals surface area contributed by atoms with E-state index in [4.69, 9.17) is 0 Å². The zero-order valence-electron chi connectivity index (χ0n) is 13.7. The van der Waals surface area contributed by atoms with Crippen LogP contribution in [-0.4, -0.2) is 39.7 Å². The molecule has 0 spiro atoms. The van der Waals surface area contributed by atoms with Gasteiger partial charge in [-0.1, -0.05) is 24.3 Å². The van der Waals surface area contributed by atoms with Crippen molar-refractivity contribution < 1.29 is 0 Å². The molecule has 1 aromatic carbocycles. The average molecular weight is 298 g/mol. The summed E-state index contributed by atoms with van der Waals surface area (Å²) in [5, 5.41) is 4.25. The molecule has 1 aromatic heterocycles. The van der Waals surface area contributed by atoms with E-state index < -0.39 is 0 Å².